The zero-order valence-corrected chi connectivity index (χ0v) is 13.5. The highest BCUT2D eigenvalue weighted by Gasteiger charge is 2.28. The van der Waals surface area contributed by atoms with Crippen molar-refractivity contribution in [2.24, 2.45) is 7.05 Å². The molecule has 1 atom stereocenters. The molecule has 1 aliphatic heterocycles. The number of hydrogen-bond donors (Lipinski definition) is 1. The van der Waals surface area contributed by atoms with Crippen LogP contribution < -0.4 is 5.32 Å². The van der Waals surface area contributed by atoms with Crippen LogP contribution in [0.5, 0.6) is 0 Å². The summed E-state index contributed by atoms with van der Waals surface area (Å²) >= 11 is 0. The Morgan fingerprint density at radius 1 is 1.45 bits per heavy atom. The van der Waals surface area contributed by atoms with E-state index < -0.39 is 0 Å². The first-order valence-electron chi connectivity index (χ1n) is 7.30. The highest BCUT2D eigenvalue weighted by Crippen LogP contribution is 2.20. The molecule has 4 nitrogen and oxygen atoms in total. The molecule has 1 aromatic rings. The molecular weight excluding hydrogens is 274 g/mol. The van der Waals surface area contributed by atoms with Gasteiger partial charge in [0.15, 0.2) is 0 Å². The molecule has 1 saturated heterocycles. The van der Waals surface area contributed by atoms with Gasteiger partial charge in [0.2, 0.25) is 5.91 Å². The maximum atomic E-state index is 12.5. The van der Waals surface area contributed by atoms with Crippen molar-refractivity contribution in [2.45, 2.75) is 45.6 Å². The van der Waals surface area contributed by atoms with Crippen LogP contribution in [0, 0.1) is 6.92 Å². The summed E-state index contributed by atoms with van der Waals surface area (Å²) in [7, 11) is 1.97. The van der Waals surface area contributed by atoms with E-state index in [2.05, 4.69) is 17.1 Å². The number of carbonyl (C=O) groups excluding carboxylic acids is 1. The van der Waals surface area contributed by atoms with Crippen molar-refractivity contribution in [1.29, 1.82) is 0 Å². The van der Waals surface area contributed by atoms with Gasteiger partial charge in [-0.3, -0.25) is 9.69 Å². The Balaban J connectivity index is 0.00000200. The van der Waals surface area contributed by atoms with Crippen LogP contribution in [0.3, 0.4) is 0 Å². The lowest BCUT2D eigenvalue weighted by molar-refractivity contribution is -0.122. The Labute approximate surface area is 127 Å². The monoisotopic (exact) mass is 299 g/mol. The number of nitrogens with one attached hydrogen (secondary N) is 1. The van der Waals surface area contributed by atoms with Crippen molar-refractivity contribution in [3.63, 3.8) is 0 Å². The van der Waals surface area contributed by atoms with Gasteiger partial charge in [0.1, 0.15) is 5.82 Å². The van der Waals surface area contributed by atoms with Gasteiger partial charge in [-0.25, -0.2) is 0 Å². The zero-order valence-electron chi connectivity index (χ0n) is 12.7. The highest BCUT2D eigenvalue weighted by molar-refractivity contribution is 5.94. The minimum absolute atomic E-state index is 0. The second kappa shape index (κ2) is 7.70. The average molecular weight is 300 g/mol. The van der Waals surface area contributed by atoms with E-state index >= 15 is 0 Å². The number of halogens is 1. The molecule has 1 fully saturated rings. The first kappa shape index (κ1) is 17.1. The highest BCUT2D eigenvalue weighted by atomic mass is 35.5. The average Bonchev–Trinajstić information content (AvgIpc) is 2.71. The lowest BCUT2D eigenvalue weighted by Crippen LogP contribution is -2.47. The van der Waals surface area contributed by atoms with Crippen LogP contribution >= 0.6 is 12.4 Å². The molecule has 1 amide bonds. The fourth-order valence-corrected chi connectivity index (χ4v) is 2.88. The van der Waals surface area contributed by atoms with E-state index in [1.165, 1.54) is 6.42 Å². The van der Waals surface area contributed by atoms with Gasteiger partial charge in [0.05, 0.1) is 6.04 Å². The van der Waals surface area contributed by atoms with E-state index in [9.17, 15) is 4.79 Å². The third kappa shape index (κ3) is 3.76. The molecule has 0 unspecified atom stereocenters. The number of anilines is 1. The Morgan fingerprint density at radius 3 is 2.80 bits per heavy atom. The summed E-state index contributed by atoms with van der Waals surface area (Å²) in [6, 6.07) is 2.07. The van der Waals surface area contributed by atoms with E-state index in [4.69, 9.17) is 0 Å². The number of aryl methyl sites for hydroxylation is 2. The first-order valence-corrected chi connectivity index (χ1v) is 7.30. The summed E-state index contributed by atoms with van der Waals surface area (Å²) in [6.45, 7) is 6.27. The van der Waals surface area contributed by atoms with E-state index in [-0.39, 0.29) is 24.4 Å². The topological polar surface area (TPSA) is 37.3 Å². The van der Waals surface area contributed by atoms with Crippen molar-refractivity contribution >= 4 is 24.1 Å². The molecule has 2 rings (SSSR count). The summed E-state index contributed by atoms with van der Waals surface area (Å²) in [5, 5.41) is 3.10. The number of amides is 1. The van der Waals surface area contributed by atoms with Gasteiger partial charge in [-0.2, -0.15) is 0 Å². The smallest absolute Gasteiger partial charge is 0.242 e. The molecule has 0 spiro atoms. The zero-order chi connectivity index (χ0) is 13.8. The molecule has 0 bridgehead atoms. The Kier molecular flexibility index (Phi) is 6.56. The Bertz CT molecular complexity index is 423. The normalized spacial score (nSPS) is 19.4. The summed E-state index contributed by atoms with van der Waals surface area (Å²) in [5.74, 6) is 1.07. The number of aromatic nitrogens is 1. The number of rotatable bonds is 4. The number of carbonyl (C=O) groups is 1. The second-order valence-corrected chi connectivity index (χ2v) is 5.50. The van der Waals surface area contributed by atoms with E-state index in [0.717, 1.165) is 43.7 Å². The van der Waals surface area contributed by atoms with E-state index in [1.807, 2.05) is 30.8 Å². The molecule has 0 aromatic carbocycles. The SMILES string of the molecule is CCCN1CCCC[C@H]1C(=O)Nc1c(C)ccn1C.Cl. The van der Waals surface area contributed by atoms with E-state index in [1.54, 1.807) is 0 Å². The minimum atomic E-state index is 0. The number of likely N-dealkylation sites (tertiary alicyclic amines) is 1. The maximum Gasteiger partial charge on any atom is 0.242 e. The van der Waals surface area contributed by atoms with Crippen molar-refractivity contribution in [3.8, 4) is 0 Å². The van der Waals surface area contributed by atoms with Gasteiger partial charge < -0.3 is 9.88 Å². The number of piperidine rings is 1. The van der Waals surface area contributed by atoms with Crippen LogP contribution in [0.15, 0.2) is 12.3 Å². The molecule has 1 aliphatic rings. The fraction of sp³-hybridized carbons (Fsp3) is 0.667. The number of nitrogens with zero attached hydrogens (tertiary/aromatic N) is 2. The summed E-state index contributed by atoms with van der Waals surface area (Å²) in [6.07, 6.45) is 6.44. The lowest BCUT2D eigenvalue weighted by Gasteiger charge is -2.34. The molecule has 1 aromatic heterocycles. The third-order valence-corrected chi connectivity index (χ3v) is 3.94. The quantitative estimate of drug-likeness (QED) is 0.928. The molecule has 5 heteroatoms. The maximum absolute atomic E-state index is 12.5. The van der Waals surface area contributed by atoms with E-state index in [0.29, 0.717) is 0 Å². The van der Waals surface area contributed by atoms with Crippen LogP contribution in [0.25, 0.3) is 0 Å². The lowest BCUT2D eigenvalue weighted by atomic mass is 10.0. The first-order chi connectivity index (χ1) is 9.13. The Morgan fingerprint density at radius 2 is 2.20 bits per heavy atom. The van der Waals surface area contributed by atoms with Gasteiger partial charge in [-0.1, -0.05) is 13.3 Å². The van der Waals surface area contributed by atoms with Crippen molar-refractivity contribution in [2.75, 3.05) is 18.4 Å². The van der Waals surface area contributed by atoms with Crippen LogP contribution in [-0.4, -0.2) is 34.5 Å². The van der Waals surface area contributed by atoms with Crippen LogP contribution in [0.1, 0.15) is 38.2 Å². The molecule has 0 aliphatic carbocycles. The van der Waals surface area contributed by atoms with Gasteiger partial charge in [-0.15, -0.1) is 12.4 Å². The molecule has 0 radical (unpaired) electrons. The summed E-state index contributed by atoms with van der Waals surface area (Å²) < 4.78 is 1.97. The summed E-state index contributed by atoms with van der Waals surface area (Å²) in [5.41, 5.74) is 1.12. The number of hydrogen-bond acceptors (Lipinski definition) is 2. The molecule has 20 heavy (non-hydrogen) atoms. The van der Waals surface area contributed by atoms with Crippen molar-refractivity contribution in [3.05, 3.63) is 17.8 Å². The fourth-order valence-electron chi connectivity index (χ4n) is 2.88. The Hall–Kier alpha value is -1.00. The van der Waals surface area contributed by atoms with Crippen LogP contribution in [0.4, 0.5) is 5.82 Å². The third-order valence-electron chi connectivity index (χ3n) is 3.94. The molecule has 0 saturated carbocycles. The van der Waals surface area contributed by atoms with Crippen molar-refractivity contribution < 1.29 is 4.79 Å². The second-order valence-electron chi connectivity index (χ2n) is 5.50. The van der Waals surface area contributed by atoms with Gasteiger partial charge in [0.25, 0.3) is 0 Å². The van der Waals surface area contributed by atoms with Gasteiger partial charge in [0, 0.05) is 13.2 Å². The molecule has 114 valence electrons. The summed E-state index contributed by atoms with van der Waals surface area (Å²) in [4.78, 5) is 14.8. The van der Waals surface area contributed by atoms with Crippen molar-refractivity contribution in [1.82, 2.24) is 9.47 Å². The van der Waals surface area contributed by atoms with Gasteiger partial charge in [-0.05, 0) is 50.9 Å². The minimum Gasteiger partial charge on any atom is -0.337 e. The standard InChI is InChI=1S/C15H25N3O.ClH/c1-4-9-18-10-6-5-7-13(18)15(19)16-14-12(2)8-11-17(14)3;/h8,11,13H,4-7,9-10H2,1-3H3,(H,16,19);1H/t13-;/m0./s1. The van der Waals surface area contributed by atoms with Crippen LogP contribution in [0.2, 0.25) is 0 Å². The molecule has 2 heterocycles. The van der Waals surface area contributed by atoms with Gasteiger partial charge >= 0.3 is 0 Å². The predicted octanol–water partition coefficient (Wildman–Crippen LogP) is 2.96. The largest absolute Gasteiger partial charge is 0.337 e. The predicted molar refractivity (Wildman–Crippen MR) is 85.5 cm³/mol. The molecular formula is C15H26ClN3O. The molecule has 1 N–H and O–H groups in total. The van der Waals surface area contributed by atoms with Crippen LogP contribution in [-0.2, 0) is 11.8 Å².